The van der Waals surface area contributed by atoms with Gasteiger partial charge < -0.3 is 10.6 Å². The Balaban J connectivity index is 1.56. The van der Waals surface area contributed by atoms with Crippen LogP contribution in [-0.4, -0.2) is 49.9 Å². The van der Waals surface area contributed by atoms with Gasteiger partial charge in [0.1, 0.15) is 5.69 Å². The van der Waals surface area contributed by atoms with Gasteiger partial charge in [-0.05, 0) is 44.6 Å². The van der Waals surface area contributed by atoms with E-state index in [4.69, 9.17) is 5.73 Å². The van der Waals surface area contributed by atoms with Crippen molar-refractivity contribution in [3.63, 3.8) is 0 Å². The molecule has 4 rings (SSSR count). The highest BCUT2D eigenvalue weighted by molar-refractivity contribution is 5.93. The number of nitrogens with zero attached hydrogens (tertiary/aromatic N) is 4. The highest BCUT2D eigenvalue weighted by Crippen LogP contribution is 2.37. The number of hydrogen-bond donors (Lipinski definition) is 2. The van der Waals surface area contributed by atoms with Gasteiger partial charge in [0.15, 0.2) is 0 Å². The molecule has 2 fully saturated rings. The molecule has 1 saturated carbocycles. The van der Waals surface area contributed by atoms with Crippen molar-refractivity contribution >= 4 is 5.91 Å². The van der Waals surface area contributed by atoms with Crippen LogP contribution < -0.4 is 5.73 Å². The van der Waals surface area contributed by atoms with Crippen LogP contribution in [0.1, 0.15) is 34.7 Å². The monoisotopic (exact) mass is 328 g/mol. The highest BCUT2D eigenvalue weighted by Gasteiger charge is 2.42. The average Bonchev–Trinajstić information content (AvgIpc) is 3.27. The molecule has 2 aliphatic rings. The van der Waals surface area contributed by atoms with Crippen molar-refractivity contribution < 1.29 is 4.79 Å². The van der Waals surface area contributed by atoms with E-state index in [9.17, 15) is 4.79 Å². The number of rotatable bonds is 2. The zero-order chi connectivity index (χ0) is 17.0. The Labute approximate surface area is 141 Å². The predicted octanol–water partition coefficient (Wildman–Crippen LogP) is 1.24. The number of likely N-dealkylation sites (tertiary alicyclic amines) is 1. The topological polar surface area (TPSA) is 92.8 Å². The first kappa shape index (κ1) is 15.4. The van der Waals surface area contributed by atoms with E-state index in [2.05, 4.69) is 15.3 Å². The molecule has 0 aromatic carbocycles. The first-order valence-corrected chi connectivity index (χ1v) is 8.56. The van der Waals surface area contributed by atoms with Crippen LogP contribution in [0.4, 0.5) is 0 Å². The van der Waals surface area contributed by atoms with Gasteiger partial charge in [0, 0.05) is 37.4 Å². The lowest BCUT2D eigenvalue weighted by molar-refractivity contribution is 0.0773. The van der Waals surface area contributed by atoms with E-state index < -0.39 is 0 Å². The minimum Gasteiger partial charge on any atom is -0.337 e. The lowest BCUT2D eigenvalue weighted by atomic mass is 9.98. The predicted molar refractivity (Wildman–Crippen MR) is 90.4 cm³/mol. The molecule has 3 unspecified atom stereocenters. The molecule has 3 heterocycles. The van der Waals surface area contributed by atoms with Crippen molar-refractivity contribution in [3.8, 4) is 11.3 Å². The van der Waals surface area contributed by atoms with E-state index in [1.165, 1.54) is 0 Å². The van der Waals surface area contributed by atoms with Gasteiger partial charge in [-0.25, -0.2) is 0 Å². The summed E-state index contributed by atoms with van der Waals surface area (Å²) in [5, 5.41) is 11.7. The van der Waals surface area contributed by atoms with E-state index in [-0.39, 0.29) is 11.9 Å². The van der Waals surface area contributed by atoms with Crippen LogP contribution in [0, 0.1) is 25.7 Å². The largest absolute Gasteiger partial charge is 0.337 e. The lowest BCUT2D eigenvalue weighted by Gasteiger charge is -2.17. The van der Waals surface area contributed by atoms with Crippen molar-refractivity contribution in [2.75, 3.05) is 13.1 Å². The normalized spacial score (nSPS) is 26.2. The maximum atomic E-state index is 12.8. The Morgan fingerprint density at radius 3 is 2.79 bits per heavy atom. The van der Waals surface area contributed by atoms with Crippen molar-refractivity contribution in [1.82, 2.24) is 24.9 Å². The Morgan fingerprint density at radius 2 is 2.12 bits per heavy atom. The van der Waals surface area contributed by atoms with Crippen LogP contribution in [0.5, 0.6) is 0 Å². The van der Waals surface area contributed by atoms with E-state index in [1.54, 1.807) is 0 Å². The molecule has 0 bridgehead atoms. The van der Waals surface area contributed by atoms with Crippen LogP contribution in [0.15, 0.2) is 6.07 Å². The second-order valence-corrected chi connectivity index (χ2v) is 7.21. The molecule has 7 heteroatoms. The molecule has 1 aliphatic carbocycles. The molecule has 3 N–H and O–H groups in total. The zero-order valence-corrected chi connectivity index (χ0v) is 14.4. The number of carbonyl (C=O) groups is 1. The fourth-order valence-electron chi connectivity index (χ4n) is 4.35. The quantitative estimate of drug-likeness (QED) is 0.867. The van der Waals surface area contributed by atoms with Crippen LogP contribution in [0.25, 0.3) is 11.3 Å². The molecular formula is C17H24N6O. The summed E-state index contributed by atoms with van der Waals surface area (Å²) >= 11 is 0. The lowest BCUT2D eigenvalue weighted by Crippen LogP contribution is -2.33. The number of aromatic nitrogens is 4. The van der Waals surface area contributed by atoms with Gasteiger partial charge in [0.2, 0.25) is 0 Å². The van der Waals surface area contributed by atoms with E-state index in [0.29, 0.717) is 17.5 Å². The summed E-state index contributed by atoms with van der Waals surface area (Å²) in [5.74, 6) is 1.04. The molecule has 1 saturated heterocycles. The van der Waals surface area contributed by atoms with Crippen molar-refractivity contribution in [1.29, 1.82) is 0 Å². The third kappa shape index (κ3) is 2.26. The summed E-state index contributed by atoms with van der Waals surface area (Å²) in [7, 11) is 1.91. The first-order valence-electron chi connectivity index (χ1n) is 8.56. The molecule has 0 radical (unpaired) electrons. The van der Waals surface area contributed by atoms with Gasteiger partial charge in [-0.2, -0.15) is 10.2 Å². The van der Waals surface area contributed by atoms with Gasteiger partial charge in [-0.1, -0.05) is 0 Å². The summed E-state index contributed by atoms with van der Waals surface area (Å²) in [6.45, 7) is 5.55. The fourth-order valence-corrected chi connectivity index (χ4v) is 4.35. The summed E-state index contributed by atoms with van der Waals surface area (Å²) in [4.78, 5) is 14.7. The number of fused-ring (bicyclic) bond motifs is 1. The number of nitrogens with two attached hydrogens (primary N) is 1. The van der Waals surface area contributed by atoms with Gasteiger partial charge in [-0.15, -0.1) is 0 Å². The Kier molecular flexibility index (Phi) is 3.49. The maximum Gasteiger partial charge on any atom is 0.271 e. The molecule has 24 heavy (non-hydrogen) atoms. The van der Waals surface area contributed by atoms with Crippen LogP contribution in [0.3, 0.4) is 0 Å². The van der Waals surface area contributed by atoms with Crippen LogP contribution in [0.2, 0.25) is 0 Å². The fraction of sp³-hybridized carbons (Fsp3) is 0.588. The number of H-pyrrole nitrogens is 1. The first-order chi connectivity index (χ1) is 11.5. The summed E-state index contributed by atoms with van der Waals surface area (Å²) in [6, 6.07) is 2.08. The molecule has 2 aromatic rings. The van der Waals surface area contributed by atoms with E-state index >= 15 is 0 Å². The molecule has 1 amide bonds. The van der Waals surface area contributed by atoms with Gasteiger partial charge >= 0.3 is 0 Å². The molecule has 1 aliphatic heterocycles. The number of hydrogen-bond acceptors (Lipinski definition) is 4. The molecule has 128 valence electrons. The molecule has 7 nitrogen and oxygen atoms in total. The number of nitrogens with one attached hydrogen (secondary N) is 1. The number of amides is 1. The molecule has 3 atom stereocenters. The third-order valence-corrected chi connectivity index (χ3v) is 5.77. The van der Waals surface area contributed by atoms with Crippen LogP contribution >= 0.6 is 0 Å². The number of aryl methyl sites for hydroxylation is 2. The maximum absolute atomic E-state index is 12.8. The molecule has 2 aromatic heterocycles. The second kappa shape index (κ2) is 5.44. The summed E-state index contributed by atoms with van der Waals surface area (Å²) < 4.78 is 1.84. The number of carbonyl (C=O) groups excluding carboxylic acids is 1. The van der Waals surface area contributed by atoms with Crippen molar-refractivity contribution in [2.45, 2.75) is 32.7 Å². The van der Waals surface area contributed by atoms with Crippen molar-refractivity contribution in [2.24, 2.45) is 24.6 Å². The van der Waals surface area contributed by atoms with Gasteiger partial charge in [-0.3, -0.25) is 14.6 Å². The Morgan fingerprint density at radius 1 is 1.33 bits per heavy atom. The summed E-state index contributed by atoms with van der Waals surface area (Å²) in [5.41, 5.74) is 10.4. The van der Waals surface area contributed by atoms with E-state index in [1.807, 2.05) is 36.5 Å². The highest BCUT2D eigenvalue weighted by atomic mass is 16.2. The molecule has 0 spiro atoms. The molecular weight excluding hydrogens is 304 g/mol. The Hall–Kier alpha value is -2.15. The minimum atomic E-state index is 0.0227. The minimum absolute atomic E-state index is 0.0227. The summed E-state index contributed by atoms with van der Waals surface area (Å²) in [6.07, 6.45) is 2.23. The Bertz CT molecular complexity index is 791. The zero-order valence-electron chi connectivity index (χ0n) is 14.4. The second-order valence-electron chi connectivity index (χ2n) is 7.21. The van der Waals surface area contributed by atoms with Crippen LogP contribution in [-0.2, 0) is 7.05 Å². The van der Waals surface area contributed by atoms with Gasteiger partial charge in [0.25, 0.3) is 5.91 Å². The van der Waals surface area contributed by atoms with E-state index in [0.717, 1.165) is 48.6 Å². The SMILES string of the molecule is Cc1nn(C)c(C)c1-c1cc(C(=O)N2CC3CCC(N)C3C2)[nH]n1. The standard InChI is InChI=1S/C17H24N6O/c1-9-16(10(2)22(3)21-9)14-6-15(20-19-14)17(24)23-7-11-4-5-13(18)12(11)8-23/h6,11-13H,4-5,7-8,18H2,1-3H3,(H,19,20). The van der Waals surface area contributed by atoms with Crippen molar-refractivity contribution in [3.05, 3.63) is 23.1 Å². The average molecular weight is 328 g/mol. The van der Waals surface area contributed by atoms with Gasteiger partial charge in [0.05, 0.1) is 11.4 Å². The third-order valence-electron chi connectivity index (χ3n) is 5.77. The smallest absolute Gasteiger partial charge is 0.271 e. The number of aromatic amines is 1.